The molecule has 0 N–H and O–H groups in total. The number of hydrogen-bond donors (Lipinski definition) is 0. The lowest BCUT2D eigenvalue weighted by Gasteiger charge is -2.01. The van der Waals surface area contributed by atoms with E-state index in [0.29, 0.717) is 16.7 Å². The Morgan fingerprint density at radius 1 is 1.14 bits per heavy atom. The molecule has 0 spiro atoms. The topological polar surface area (TPSA) is 69.4 Å². The summed E-state index contributed by atoms with van der Waals surface area (Å²) in [5, 5.41) is 0.660. The Labute approximate surface area is 168 Å². The Morgan fingerprint density at radius 2 is 1.96 bits per heavy atom. The number of para-hydroxylation sites is 2. The Morgan fingerprint density at radius 3 is 2.86 bits per heavy atom. The minimum atomic E-state index is -0.743. The van der Waals surface area contributed by atoms with Crippen molar-refractivity contribution >= 4 is 50.3 Å². The minimum Gasteiger partial charge on any atom is -0.449 e. The smallest absolute Gasteiger partial charge is 0.351 e. The van der Waals surface area contributed by atoms with Crippen molar-refractivity contribution in [3.8, 4) is 11.8 Å². The van der Waals surface area contributed by atoms with Crippen LogP contribution >= 0.6 is 23.1 Å². The summed E-state index contributed by atoms with van der Waals surface area (Å²) in [6.45, 7) is -0.0918. The molecule has 0 unspecified atom stereocenters. The first-order chi connectivity index (χ1) is 13.7. The van der Waals surface area contributed by atoms with Crippen LogP contribution in [0.4, 0.5) is 0 Å². The molecule has 0 atom stereocenters. The number of rotatable bonds is 4. The molecule has 28 heavy (non-hydrogen) atoms. The van der Waals surface area contributed by atoms with Crippen LogP contribution in [0, 0.1) is 11.8 Å². The van der Waals surface area contributed by atoms with E-state index in [9.17, 15) is 9.59 Å². The summed E-state index contributed by atoms with van der Waals surface area (Å²) in [7, 11) is 0. The molecule has 5 nitrogen and oxygen atoms in total. The number of aromatic nitrogens is 1. The molecule has 7 heteroatoms. The summed E-state index contributed by atoms with van der Waals surface area (Å²) >= 11 is 3.15. The van der Waals surface area contributed by atoms with Crippen molar-refractivity contribution in [2.45, 2.75) is 4.34 Å². The van der Waals surface area contributed by atoms with Crippen molar-refractivity contribution < 1.29 is 13.9 Å². The SMILES string of the molecule is O=C(OCC#CCSc1nc2ccccc2s1)c1cc2ccccc2oc1=O. The van der Waals surface area contributed by atoms with Gasteiger partial charge in [-0.25, -0.2) is 14.6 Å². The zero-order valence-corrected chi connectivity index (χ0v) is 16.1. The van der Waals surface area contributed by atoms with Crippen molar-refractivity contribution in [1.29, 1.82) is 0 Å². The highest BCUT2D eigenvalue weighted by atomic mass is 32.2. The van der Waals surface area contributed by atoms with Gasteiger partial charge >= 0.3 is 11.6 Å². The first kappa shape index (κ1) is 18.3. The lowest BCUT2D eigenvalue weighted by Crippen LogP contribution is -2.16. The quantitative estimate of drug-likeness (QED) is 0.217. The Bertz CT molecular complexity index is 1250. The predicted octanol–water partition coefficient (Wildman–Crippen LogP) is 4.36. The monoisotopic (exact) mass is 407 g/mol. The Hall–Kier alpha value is -3.08. The molecule has 0 saturated heterocycles. The number of thiazole rings is 1. The van der Waals surface area contributed by atoms with Crippen molar-refractivity contribution in [3.05, 3.63) is 70.6 Å². The molecule has 0 saturated carbocycles. The molecular formula is C21H13NO4S2. The van der Waals surface area contributed by atoms with Crippen molar-refractivity contribution in [3.63, 3.8) is 0 Å². The fraction of sp³-hybridized carbons (Fsp3) is 0.0952. The standard InChI is InChI=1S/C21H13NO4S2/c23-19(15-13-14-7-1-3-9-17(14)26-20(15)24)25-11-5-6-12-27-21-22-16-8-2-4-10-18(16)28-21/h1-4,7-10,13H,11-12H2. The van der Waals surface area contributed by atoms with Gasteiger partial charge in [0.05, 0.1) is 16.0 Å². The largest absolute Gasteiger partial charge is 0.449 e. The van der Waals surface area contributed by atoms with E-state index in [0.717, 1.165) is 14.6 Å². The third-order valence-corrected chi connectivity index (χ3v) is 5.87. The molecule has 4 rings (SSSR count). The Balaban J connectivity index is 1.32. The van der Waals surface area contributed by atoms with E-state index < -0.39 is 11.6 Å². The van der Waals surface area contributed by atoms with E-state index in [4.69, 9.17) is 9.15 Å². The number of benzene rings is 2. The molecule has 138 valence electrons. The van der Waals surface area contributed by atoms with Gasteiger partial charge in [-0.15, -0.1) is 11.3 Å². The second kappa shape index (κ2) is 8.30. The molecule has 2 aromatic heterocycles. The number of nitrogens with zero attached hydrogens (tertiary/aromatic N) is 1. The zero-order chi connectivity index (χ0) is 19.3. The molecule has 4 aromatic rings. The van der Waals surface area contributed by atoms with Gasteiger partial charge in [0.15, 0.2) is 10.9 Å². The van der Waals surface area contributed by atoms with E-state index >= 15 is 0 Å². The summed E-state index contributed by atoms with van der Waals surface area (Å²) in [4.78, 5) is 28.5. The fourth-order valence-corrected chi connectivity index (χ4v) is 4.34. The number of fused-ring (bicyclic) bond motifs is 2. The van der Waals surface area contributed by atoms with Crippen LogP contribution in [0.2, 0.25) is 0 Å². The summed E-state index contributed by atoms with van der Waals surface area (Å²) in [5.74, 6) is 5.50. The molecular weight excluding hydrogens is 394 g/mol. The van der Waals surface area contributed by atoms with Gasteiger partial charge in [0.1, 0.15) is 11.1 Å². The molecule has 0 aliphatic heterocycles. The summed E-state index contributed by atoms with van der Waals surface area (Å²) in [6.07, 6.45) is 0. The average Bonchev–Trinajstić information content (AvgIpc) is 3.12. The summed E-state index contributed by atoms with van der Waals surface area (Å²) in [5.41, 5.74) is 0.550. The highest BCUT2D eigenvalue weighted by Gasteiger charge is 2.14. The van der Waals surface area contributed by atoms with E-state index in [-0.39, 0.29) is 12.2 Å². The summed E-state index contributed by atoms with van der Waals surface area (Å²) in [6, 6.07) is 16.4. The maximum atomic E-state index is 12.1. The second-order valence-electron chi connectivity index (χ2n) is 5.65. The van der Waals surface area contributed by atoms with Crippen LogP contribution in [-0.4, -0.2) is 23.3 Å². The van der Waals surface area contributed by atoms with Crippen LogP contribution < -0.4 is 5.63 Å². The van der Waals surface area contributed by atoms with Crippen molar-refractivity contribution in [1.82, 2.24) is 4.98 Å². The van der Waals surface area contributed by atoms with Gasteiger partial charge in [-0.05, 0) is 24.3 Å². The number of ether oxygens (including phenoxy) is 1. The maximum Gasteiger partial charge on any atom is 0.351 e. The number of esters is 1. The number of carbonyl (C=O) groups excluding carboxylic acids is 1. The van der Waals surface area contributed by atoms with Crippen LogP contribution in [0.1, 0.15) is 10.4 Å². The van der Waals surface area contributed by atoms with Crippen molar-refractivity contribution in [2.75, 3.05) is 12.4 Å². The maximum absolute atomic E-state index is 12.1. The first-order valence-corrected chi connectivity index (χ1v) is 10.1. The average molecular weight is 407 g/mol. The fourth-order valence-electron chi connectivity index (χ4n) is 2.50. The number of thioether (sulfide) groups is 1. The van der Waals surface area contributed by atoms with E-state index in [1.165, 1.54) is 17.8 Å². The van der Waals surface area contributed by atoms with Gasteiger partial charge in [-0.2, -0.15) is 0 Å². The second-order valence-corrected chi connectivity index (χ2v) is 7.90. The van der Waals surface area contributed by atoms with Crippen molar-refractivity contribution in [2.24, 2.45) is 0 Å². The van der Waals surface area contributed by atoms with Crippen LogP contribution in [0.5, 0.6) is 0 Å². The van der Waals surface area contributed by atoms with Gasteiger partial charge in [0, 0.05) is 5.39 Å². The highest BCUT2D eigenvalue weighted by Crippen LogP contribution is 2.28. The molecule has 2 heterocycles. The van der Waals surface area contributed by atoms with Gasteiger partial charge in [-0.1, -0.05) is 53.9 Å². The van der Waals surface area contributed by atoms with Gasteiger partial charge in [0.2, 0.25) is 0 Å². The highest BCUT2D eigenvalue weighted by molar-refractivity contribution is 8.01. The van der Waals surface area contributed by atoms with Crippen LogP contribution in [0.3, 0.4) is 0 Å². The molecule has 0 fully saturated rings. The predicted molar refractivity (Wildman–Crippen MR) is 111 cm³/mol. The molecule has 0 bridgehead atoms. The van der Waals surface area contributed by atoms with Crippen LogP contribution in [-0.2, 0) is 4.74 Å². The lowest BCUT2D eigenvalue weighted by molar-refractivity contribution is 0.0552. The van der Waals surface area contributed by atoms with Crippen LogP contribution in [0.25, 0.3) is 21.2 Å². The molecule has 0 aliphatic rings. The molecule has 0 amide bonds. The number of hydrogen-bond acceptors (Lipinski definition) is 7. The lowest BCUT2D eigenvalue weighted by atomic mass is 10.2. The van der Waals surface area contributed by atoms with Gasteiger partial charge in [0.25, 0.3) is 0 Å². The van der Waals surface area contributed by atoms with E-state index in [1.807, 2.05) is 24.3 Å². The van der Waals surface area contributed by atoms with Gasteiger partial charge < -0.3 is 9.15 Å². The normalized spacial score (nSPS) is 10.6. The molecule has 0 radical (unpaired) electrons. The van der Waals surface area contributed by atoms with Crippen LogP contribution in [0.15, 0.2) is 68.1 Å². The Kier molecular flexibility index (Phi) is 5.42. The first-order valence-electron chi connectivity index (χ1n) is 8.35. The molecule has 2 aromatic carbocycles. The summed E-state index contributed by atoms with van der Waals surface area (Å²) < 4.78 is 12.3. The van der Waals surface area contributed by atoms with Gasteiger partial charge in [-0.3, -0.25) is 0 Å². The minimum absolute atomic E-state index is 0.0918. The molecule has 0 aliphatic carbocycles. The third kappa shape index (κ3) is 4.09. The van der Waals surface area contributed by atoms with E-state index in [2.05, 4.69) is 16.8 Å². The number of carbonyl (C=O) groups is 1. The van der Waals surface area contributed by atoms with E-state index in [1.54, 1.807) is 35.6 Å². The third-order valence-electron chi connectivity index (χ3n) is 3.80. The zero-order valence-electron chi connectivity index (χ0n) is 14.5.